The molecule has 0 unspecified atom stereocenters. The molecule has 1 saturated carbocycles. The van der Waals surface area contributed by atoms with Gasteiger partial charge < -0.3 is 25.2 Å². The quantitative estimate of drug-likeness (QED) is 0.474. The topological polar surface area (TPSA) is 106 Å². The molecule has 0 radical (unpaired) electrons. The summed E-state index contributed by atoms with van der Waals surface area (Å²) >= 11 is 0. The minimum atomic E-state index is -0.524. The maximum Gasteiger partial charge on any atom is 0.234 e. The van der Waals surface area contributed by atoms with Gasteiger partial charge in [-0.3, -0.25) is 4.79 Å². The van der Waals surface area contributed by atoms with E-state index in [1.54, 1.807) is 25.3 Å². The number of amides is 1. The number of benzene rings is 1. The van der Waals surface area contributed by atoms with Crippen molar-refractivity contribution in [3.05, 3.63) is 30.0 Å². The molecule has 9 heteroatoms. The number of methoxy groups -OCH3 is 1. The van der Waals surface area contributed by atoms with Crippen molar-refractivity contribution in [1.29, 1.82) is 5.26 Å². The van der Waals surface area contributed by atoms with E-state index in [0.717, 1.165) is 35.6 Å². The fraction of sp³-hybridized carbons (Fsp3) is 0.520. The highest BCUT2D eigenvalue weighted by atomic mass is 16.5. The fourth-order valence-corrected chi connectivity index (χ4v) is 4.86. The Morgan fingerprint density at radius 1 is 1.29 bits per heavy atom. The summed E-state index contributed by atoms with van der Waals surface area (Å²) in [6, 6.07) is 8.26. The molecule has 4 rings (SSSR count). The molecule has 2 heterocycles. The van der Waals surface area contributed by atoms with Gasteiger partial charge in [0.15, 0.2) is 5.82 Å². The monoisotopic (exact) mass is 463 g/mol. The number of nitrogens with one attached hydrogen (secondary N) is 2. The van der Waals surface area contributed by atoms with Crippen LogP contribution in [0.15, 0.2) is 24.4 Å². The molecule has 9 nitrogen and oxygen atoms in total. The van der Waals surface area contributed by atoms with Crippen LogP contribution in [0.1, 0.15) is 45.1 Å². The average molecular weight is 464 g/mol. The third kappa shape index (κ3) is 4.77. The van der Waals surface area contributed by atoms with Gasteiger partial charge in [0.2, 0.25) is 11.9 Å². The fourth-order valence-electron chi connectivity index (χ4n) is 4.86. The largest absolute Gasteiger partial charge is 0.495 e. The molecule has 0 spiro atoms. The van der Waals surface area contributed by atoms with E-state index in [9.17, 15) is 4.79 Å². The second-order valence-electron chi connectivity index (χ2n) is 9.64. The summed E-state index contributed by atoms with van der Waals surface area (Å²) in [6.45, 7) is 5.49. The minimum absolute atomic E-state index is 0.0702. The zero-order chi connectivity index (χ0) is 24.3. The van der Waals surface area contributed by atoms with E-state index in [1.807, 2.05) is 32.0 Å². The van der Waals surface area contributed by atoms with E-state index in [4.69, 9.17) is 15.0 Å². The van der Waals surface area contributed by atoms with Crippen molar-refractivity contribution in [2.45, 2.75) is 52.1 Å². The molecule has 0 atom stereocenters. The predicted octanol–water partition coefficient (Wildman–Crippen LogP) is 3.59. The molecule has 1 amide bonds. The molecular weight excluding hydrogens is 430 g/mol. The maximum atomic E-state index is 13.2. The highest BCUT2D eigenvalue weighted by Gasteiger charge is 2.41. The van der Waals surface area contributed by atoms with Crippen LogP contribution in [0, 0.1) is 16.7 Å². The van der Waals surface area contributed by atoms with E-state index >= 15 is 0 Å². The SMILES string of the molecule is COc1cc(CNCC#N)ccc1Nc1ncc2c(n1)N(C1CCCC1)CC(C)(C)C(=O)N2C. The van der Waals surface area contributed by atoms with Crippen molar-refractivity contribution >= 4 is 29.0 Å². The summed E-state index contributed by atoms with van der Waals surface area (Å²) in [5, 5.41) is 15.1. The first kappa shape index (κ1) is 23.8. The zero-order valence-corrected chi connectivity index (χ0v) is 20.4. The van der Waals surface area contributed by atoms with Gasteiger partial charge in [-0.15, -0.1) is 0 Å². The number of aromatic nitrogens is 2. The zero-order valence-electron chi connectivity index (χ0n) is 20.4. The molecule has 2 N–H and O–H groups in total. The Labute approximate surface area is 201 Å². The summed E-state index contributed by atoms with van der Waals surface area (Å²) in [5.41, 5.74) is 1.97. The van der Waals surface area contributed by atoms with Crippen molar-refractivity contribution in [1.82, 2.24) is 15.3 Å². The summed E-state index contributed by atoms with van der Waals surface area (Å²) < 4.78 is 5.58. The van der Waals surface area contributed by atoms with Crippen molar-refractivity contribution in [2.75, 3.05) is 42.4 Å². The number of anilines is 4. The van der Waals surface area contributed by atoms with Crippen molar-refractivity contribution < 1.29 is 9.53 Å². The Balaban J connectivity index is 1.66. The molecular formula is C25H33N7O2. The van der Waals surface area contributed by atoms with Gasteiger partial charge in [-0.25, -0.2) is 4.98 Å². The molecule has 2 aliphatic rings. The first-order chi connectivity index (χ1) is 16.3. The molecule has 0 bridgehead atoms. The number of ether oxygens (including phenoxy) is 1. The van der Waals surface area contributed by atoms with Gasteiger partial charge in [-0.05, 0) is 44.4 Å². The Kier molecular flexibility index (Phi) is 6.89. The van der Waals surface area contributed by atoms with Crippen LogP contribution in [0.4, 0.5) is 23.1 Å². The lowest BCUT2D eigenvalue weighted by Crippen LogP contribution is -2.45. The molecule has 1 aromatic carbocycles. The molecule has 1 aliphatic carbocycles. The van der Waals surface area contributed by atoms with Gasteiger partial charge in [0.1, 0.15) is 11.4 Å². The normalized spacial score (nSPS) is 17.8. The second-order valence-corrected chi connectivity index (χ2v) is 9.64. The molecule has 180 valence electrons. The van der Waals surface area contributed by atoms with E-state index in [2.05, 4.69) is 26.6 Å². The molecule has 0 saturated heterocycles. The second kappa shape index (κ2) is 9.85. The smallest absolute Gasteiger partial charge is 0.234 e. The number of carbonyl (C=O) groups excluding carboxylic acids is 1. The number of nitriles is 1. The lowest BCUT2D eigenvalue weighted by Gasteiger charge is -2.34. The van der Waals surface area contributed by atoms with Gasteiger partial charge >= 0.3 is 0 Å². The van der Waals surface area contributed by atoms with Crippen LogP contribution in [0.25, 0.3) is 0 Å². The minimum Gasteiger partial charge on any atom is -0.495 e. The highest BCUT2D eigenvalue weighted by Crippen LogP contribution is 2.40. The lowest BCUT2D eigenvalue weighted by atomic mass is 9.91. The predicted molar refractivity (Wildman–Crippen MR) is 132 cm³/mol. The van der Waals surface area contributed by atoms with Gasteiger partial charge in [-0.1, -0.05) is 18.9 Å². The van der Waals surface area contributed by atoms with E-state index < -0.39 is 5.41 Å². The Bertz CT molecular complexity index is 1090. The van der Waals surface area contributed by atoms with Crippen LogP contribution in [-0.4, -0.2) is 49.2 Å². The van der Waals surface area contributed by atoms with E-state index in [0.29, 0.717) is 30.8 Å². The molecule has 34 heavy (non-hydrogen) atoms. The van der Waals surface area contributed by atoms with Crippen LogP contribution in [0.2, 0.25) is 0 Å². The first-order valence-electron chi connectivity index (χ1n) is 11.8. The van der Waals surface area contributed by atoms with Crippen LogP contribution in [0.3, 0.4) is 0 Å². The van der Waals surface area contributed by atoms with Crippen LogP contribution in [-0.2, 0) is 11.3 Å². The Hall–Kier alpha value is -3.38. The van der Waals surface area contributed by atoms with Crippen LogP contribution < -0.4 is 25.2 Å². The highest BCUT2D eigenvalue weighted by molar-refractivity contribution is 6.00. The van der Waals surface area contributed by atoms with Crippen LogP contribution >= 0.6 is 0 Å². The third-order valence-corrected chi connectivity index (χ3v) is 6.64. The van der Waals surface area contributed by atoms with E-state index in [1.165, 1.54) is 12.8 Å². The number of hydrogen-bond acceptors (Lipinski definition) is 8. The molecule has 2 aromatic rings. The number of fused-ring (bicyclic) bond motifs is 1. The number of nitrogens with zero attached hydrogens (tertiary/aromatic N) is 5. The standard InChI is InChI=1S/C25H33N7O2/c1-25(2)16-32(18-7-5-6-8-18)22-20(31(3)23(25)33)15-28-24(30-22)29-19-10-9-17(13-21(19)34-4)14-27-12-11-26/h9-10,13,15,18,27H,5-8,12,14,16H2,1-4H3,(H,28,29,30). The number of rotatable bonds is 7. The first-order valence-corrected chi connectivity index (χ1v) is 11.8. The van der Waals surface area contributed by atoms with Crippen molar-refractivity contribution in [2.24, 2.45) is 5.41 Å². The molecule has 1 aliphatic heterocycles. The summed E-state index contributed by atoms with van der Waals surface area (Å²) in [7, 11) is 3.43. The Morgan fingerprint density at radius 3 is 2.76 bits per heavy atom. The maximum absolute atomic E-state index is 13.2. The third-order valence-electron chi connectivity index (χ3n) is 6.64. The van der Waals surface area contributed by atoms with Crippen molar-refractivity contribution in [3.63, 3.8) is 0 Å². The molecule has 1 aromatic heterocycles. The van der Waals surface area contributed by atoms with Gasteiger partial charge in [0, 0.05) is 26.2 Å². The number of hydrogen-bond donors (Lipinski definition) is 2. The summed E-state index contributed by atoms with van der Waals surface area (Å²) in [6.07, 6.45) is 6.34. The molecule has 1 fully saturated rings. The van der Waals surface area contributed by atoms with Crippen molar-refractivity contribution in [3.8, 4) is 11.8 Å². The van der Waals surface area contributed by atoms with Gasteiger partial charge in [0.25, 0.3) is 0 Å². The summed E-state index contributed by atoms with van der Waals surface area (Å²) in [4.78, 5) is 26.6. The number of carbonyl (C=O) groups is 1. The Morgan fingerprint density at radius 2 is 2.06 bits per heavy atom. The van der Waals surface area contributed by atoms with E-state index in [-0.39, 0.29) is 12.5 Å². The van der Waals surface area contributed by atoms with Gasteiger partial charge in [-0.2, -0.15) is 10.2 Å². The average Bonchev–Trinajstić information content (AvgIpc) is 3.35. The summed E-state index contributed by atoms with van der Waals surface area (Å²) in [5.74, 6) is 1.98. The lowest BCUT2D eigenvalue weighted by molar-refractivity contribution is -0.125. The van der Waals surface area contributed by atoms with Crippen LogP contribution in [0.5, 0.6) is 5.75 Å². The van der Waals surface area contributed by atoms with Gasteiger partial charge in [0.05, 0.1) is 37.0 Å².